The molecule has 19 heavy (non-hydrogen) atoms. The first-order valence-electron chi connectivity index (χ1n) is 5.43. The molecule has 0 spiro atoms. The van der Waals surface area contributed by atoms with Gasteiger partial charge < -0.3 is 10.5 Å². The molecule has 0 saturated carbocycles. The van der Waals surface area contributed by atoms with Crippen molar-refractivity contribution in [2.75, 3.05) is 7.11 Å². The van der Waals surface area contributed by atoms with Crippen molar-refractivity contribution in [1.29, 1.82) is 0 Å². The van der Waals surface area contributed by atoms with E-state index in [1.807, 2.05) is 6.07 Å². The number of pyridine rings is 1. The lowest BCUT2D eigenvalue weighted by atomic mass is 10.0. The topological polar surface area (TPSA) is 48.1 Å². The molecule has 0 saturated heterocycles. The summed E-state index contributed by atoms with van der Waals surface area (Å²) < 4.78 is 20.5. The maximum absolute atomic E-state index is 14.0. The summed E-state index contributed by atoms with van der Waals surface area (Å²) >= 11 is 6.69. The number of hydrogen-bond donors (Lipinski definition) is 1. The molecule has 2 aromatic rings. The van der Waals surface area contributed by atoms with Crippen molar-refractivity contribution in [2.24, 2.45) is 5.73 Å². The summed E-state index contributed by atoms with van der Waals surface area (Å²) in [6, 6.07) is 5.76. The molecule has 0 aliphatic heterocycles. The zero-order valence-corrected chi connectivity index (χ0v) is 13.2. The summed E-state index contributed by atoms with van der Waals surface area (Å²) in [4.78, 5) is 4.22. The summed E-state index contributed by atoms with van der Waals surface area (Å²) in [5.74, 6) is 0.0414. The first-order valence-corrected chi connectivity index (χ1v) is 7.01. The Balaban J connectivity index is 2.41. The van der Waals surface area contributed by atoms with Crippen LogP contribution in [0.25, 0.3) is 0 Å². The predicted molar refractivity (Wildman–Crippen MR) is 78.6 cm³/mol. The second-order valence-corrected chi connectivity index (χ2v) is 5.66. The minimum Gasteiger partial charge on any atom is -0.497 e. The number of aromatic nitrogens is 1. The van der Waals surface area contributed by atoms with E-state index in [4.69, 9.17) is 10.5 Å². The molecule has 2 rings (SSSR count). The standard InChI is InChI=1S/C13H11Br2FN2O/c1-19-8-2-3-9(11(16)5-8)12(17)13-10(15)4-7(14)6-18-13/h2-6,12H,17H2,1H3. The monoisotopic (exact) mass is 388 g/mol. The highest BCUT2D eigenvalue weighted by Crippen LogP contribution is 2.29. The fourth-order valence-electron chi connectivity index (χ4n) is 1.69. The van der Waals surface area contributed by atoms with Crippen LogP contribution in [0, 0.1) is 5.82 Å². The molecular formula is C13H11Br2FN2O. The molecule has 1 heterocycles. The fraction of sp³-hybridized carbons (Fsp3) is 0.154. The Morgan fingerprint density at radius 1 is 1.32 bits per heavy atom. The molecule has 2 N–H and O–H groups in total. The van der Waals surface area contributed by atoms with Crippen molar-refractivity contribution in [3.8, 4) is 5.75 Å². The second kappa shape index (κ2) is 5.98. The van der Waals surface area contributed by atoms with Crippen molar-refractivity contribution in [2.45, 2.75) is 6.04 Å². The van der Waals surface area contributed by atoms with Gasteiger partial charge in [-0.05, 0) is 44.0 Å². The van der Waals surface area contributed by atoms with E-state index in [9.17, 15) is 4.39 Å². The summed E-state index contributed by atoms with van der Waals surface area (Å²) in [6.07, 6.45) is 1.63. The van der Waals surface area contributed by atoms with E-state index in [0.717, 1.165) is 8.95 Å². The fourth-order valence-corrected chi connectivity index (χ4v) is 2.92. The molecular weight excluding hydrogens is 379 g/mol. The van der Waals surface area contributed by atoms with Crippen LogP contribution in [0.3, 0.4) is 0 Å². The van der Waals surface area contributed by atoms with E-state index in [0.29, 0.717) is 17.0 Å². The lowest BCUT2D eigenvalue weighted by Gasteiger charge is -2.15. The molecule has 0 aliphatic rings. The third kappa shape index (κ3) is 3.13. The molecule has 0 fully saturated rings. The van der Waals surface area contributed by atoms with Crippen LogP contribution in [0.1, 0.15) is 17.3 Å². The van der Waals surface area contributed by atoms with E-state index >= 15 is 0 Å². The largest absolute Gasteiger partial charge is 0.497 e. The normalized spacial score (nSPS) is 12.3. The molecule has 0 aliphatic carbocycles. The molecule has 1 aromatic carbocycles. The van der Waals surface area contributed by atoms with Crippen LogP contribution in [-0.4, -0.2) is 12.1 Å². The Bertz CT molecular complexity index is 607. The van der Waals surface area contributed by atoms with E-state index in [1.165, 1.54) is 13.2 Å². The van der Waals surface area contributed by atoms with Crippen molar-refractivity contribution in [1.82, 2.24) is 4.98 Å². The molecule has 1 aromatic heterocycles. The third-order valence-corrected chi connectivity index (χ3v) is 3.74. The molecule has 6 heteroatoms. The van der Waals surface area contributed by atoms with E-state index < -0.39 is 11.9 Å². The SMILES string of the molecule is COc1ccc(C(N)c2ncc(Br)cc2Br)c(F)c1. The molecule has 1 atom stereocenters. The lowest BCUT2D eigenvalue weighted by Crippen LogP contribution is -2.16. The van der Waals surface area contributed by atoms with Crippen molar-refractivity contribution < 1.29 is 9.13 Å². The van der Waals surface area contributed by atoms with Crippen molar-refractivity contribution in [3.05, 3.63) is 56.5 Å². The van der Waals surface area contributed by atoms with Crippen molar-refractivity contribution >= 4 is 31.9 Å². The van der Waals surface area contributed by atoms with Crippen LogP contribution in [0.4, 0.5) is 4.39 Å². The van der Waals surface area contributed by atoms with E-state index in [1.54, 1.807) is 18.3 Å². The van der Waals surface area contributed by atoms with Gasteiger partial charge in [-0.25, -0.2) is 4.39 Å². The number of nitrogens with two attached hydrogens (primary N) is 1. The molecule has 1 unspecified atom stereocenters. The van der Waals surface area contributed by atoms with Gasteiger partial charge in [0.15, 0.2) is 0 Å². The number of halogens is 3. The van der Waals surface area contributed by atoms with E-state index in [2.05, 4.69) is 36.8 Å². The lowest BCUT2D eigenvalue weighted by molar-refractivity contribution is 0.410. The number of nitrogens with zero attached hydrogens (tertiary/aromatic N) is 1. The van der Waals surface area contributed by atoms with Gasteiger partial charge in [-0.2, -0.15) is 0 Å². The second-order valence-electron chi connectivity index (χ2n) is 3.89. The number of methoxy groups -OCH3 is 1. The summed E-state index contributed by atoms with van der Waals surface area (Å²) in [7, 11) is 1.49. The minimum absolute atomic E-state index is 0.372. The quantitative estimate of drug-likeness (QED) is 0.868. The van der Waals surface area contributed by atoms with Gasteiger partial charge in [0.1, 0.15) is 11.6 Å². The smallest absolute Gasteiger partial charge is 0.132 e. The minimum atomic E-state index is -0.645. The average Bonchev–Trinajstić information content (AvgIpc) is 2.37. The van der Waals surface area contributed by atoms with E-state index in [-0.39, 0.29) is 0 Å². The highest BCUT2D eigenvalue weighted by molar-refractivity contribution is 9.11. The maximum Gasteiger partial charge on any atom is 0.132 e. The highest BCUT2D eigenvalue weighted by Gasteiger charge is 2.18. The van der Waals surface area contributed by atoms with Gasteiger partial charge in [0.05, 0.1) is 18.8 Å². The average molecular weight is 390 g/mol. The molecule has 0 bridgehead atoms. The molecule has 3 nitrogen and oxygen atoms in total. The van der Waals surface area contributed by atoms with Crippen molar-refractivity contribution in [3.63, 3.8) is 0 Å². The highest BCUT2D eigenvalue weighted by atomic mass is 79.9. The summed E-state index contributed by atoms with van der Waals surface area (Å²) in [6.45, 7) is 0. The van der Waals surface area contributed by atoms with Gasteiger partial charge in [0.25, 0.3) is 0 Å². The Morgan fingerprint density at radius 3 is 2.63 bits per heavy atom. The number of ether oxygens (including phenoxy) is 1. The summed E-state index contributed by atoms with van der Waals surface area (Å²) in [5.41, 5.74) is 7.02. The maximum atomic E-state index is 14.0. The Morgan fingerprint density at radius 2 is 2.05 bits per heavy atom. The molecule has 100 valence electrons. The zero-order valence-electron chi connectivity index (χ0n) is 10.0. The summed E-state index contributed by atoms with van der Waals surface area (Å²) in [5, 5.41) is 0. The number of hydrogen-bond acceptors (Lipinski definition) is 3. The molecule has 0 radical (unpaired) electrons. The van der Waals surface area contributed by atoms with Crippen LogP contribution in [0.2, 0.25) is 0 Å². The first-order chi connectivity index (χ1) is 9.02. The Labute approximate surface area is 127 Å². The number of benzene rings is 1. The van der Waals surface area contributed by atoms with Gasteiger partial charge in [-0.3, -0.25) is 4.98 Å². The Kier molecular flexibility index (Phi) is 4.54. The van der Waals surface area contributed by atoms with Gasteiger partial charge >= 0.3 is 0 Å². The predicted octanol–water partition coefficient (Wildman–Crippen LogP) is 3.80. The first kappa shape index (κ1) is 14.4. The van der Waals surface area contributed by atoms with Crippen LogP contribution in [0.5, 0.6) is 5.75 Å². The van der Waals surface area contributed by atoms with Crippen LogP contribution < -0.4 is 10.5 Å². The van der Waals surface area contributed by atoms with Crippen LogP contribution >= 0.6 is 31.9 Å². The van der Waals surface area contributed by atoms with Crippen LogP contribution in [0.15, 0.2) is 39.4 Å². The van der Waals surface area contributed by atoms with Gasteiger partial charge in [0.2, 0.25) is 0 Å². The van der Waals surface area contributed by atoms with Gasteiger partial charge in [-0.15, -0.1) is 0 Å². The van der Waals surface area contributed by atoms with Gasteiger partial charge in [0, 0.05) is 26.8 Å². The van der Waals surface area contributed by atoms with Gasteiger partial charge in [-0.1, -0.05) is 6.07 Å². The number of rotatable bonds is 3. The molecule has 0 amide bonds. The zero-order chi connectivity index (χ0) is 14.0. The van der Waals surface area contributed by atoms with Crippen LogP contribution in [-0.2, 0) is 0 Å². The third-order valence-electron chi connectivity index (χ3n) is 2.67. The Hall–Kier alpha value is -0.980.